The van der Waals surface area contributed by atoms with Crippen molar-refractivity contribution in [3.8, 4) is 0 Å². The van der Waals surface area contributed by atoms with Gasteiger partial charge in [0, 0.05) is 12.5 Å². The molecule has 0 aliphatic rings. The van der Waals surface area contributed by atoms with Crippen LogP contribution in [0.15, 0.2) is 24.3 Å². The molecule has 0 spiro atoms. The van der Waals surface area contributed by atoms with Gasteiger partial charge in [0.2, 0.25) is 15.9 Å². The standard InChI is InChI=1S/C13H20N2O3S/c1-13(2,3)12(16)14-10-8-6-7-9-11(10)15(4)19(5,17)18/h6-9H,1-5H3,(H,14,16). The van der Waals surface area contributed by atoms with Crippen molar-refractivity contribution >= 4 is 27.3 Å². The zero-order chi connectivity index (χ0) is 14.8. The van der Waals surface area contributed by atoms with Crippen LogP contribution in [0.4, 0.5) is 11.4 Å². The molecule has 0 heterocycles. The van der Waals surface area contributed by atoms with Crippen LogP contribution in [0.2, 0.25) is 0 Å². The molecule has 0 unspecified atom stereocenters. The number of benzene rings is 1. The highest BCUT2D eigenvalue weighted by atomic mass is 32.2. The van der Waals surface area contributed by atoms with Crippen molar-refractivity contribution < 1.29 is 13.2 Å². The van der Waals surface area contributed by atoms with Crippen molar-refractivity contribution in [3.63, 3.8) is 0 Å². The summed E-state index contributed by atoms with van der Waals surface area (Å²) < 4.78 is 24.3. The fourth-order valence-electron chi connectivity index (χ4n) is 1.34. The third-order valence-corrected chi connectivity index (χ3v) is 3.86. The van der Waals surface area contributed by atoms with Crippen LogP contribution in [0.25, 0.3) is 0 Å². The predicted octanol–water partition coefficient (Wildman–Crippen LogP) is 2.07. The first-order valence-corrected chi connectivity index (χ1v) is 7.72. The summed E-state index contributed by atoms with van der Waals surface area (Å²) in [4.78, 5) is 12.0. The number of hydrogen-bond acceptors (Lipinski definition) is 3. The normalized spacial score (nSPS) is 12.1. The molecule has 1 amide bonds. The molecule has 5 nitrogen and oxygen atoms in total. The Hall–Kier alpha value is -1.56. The zero-order valence-electron chi connectivity index (χ0n) is 11.9. The summed E-state index contributed by atoms with van der Waals surface area (Å²) in [7, 11) is -1.91. The van der Waals surface area contributed by atoms with Gasteiger partial charge in [-0.15, -0.1) is 0 Å². The Morgan fingerprint density at radius 3 is 2.21 bits per heavy atom. The maximum Gasteiger partial charge on any atom is 0.232 e. The molecule has 0 fully saturated rings. The summed E-state index contributed by atoms with van der Waals surface area (Å²) in [6, 6.07) is 6.81. The van der Waals surface area contributed by atoms with Gasteiger partial charge in [-0.2, -0.15) is 0 Å². The molecule has 1 N–H and O–H groups in total. The highest BCUT2D eigenvalue weighted by Gasteiger charge is 2.23. The zero-order valence-corrected chi connectivity index (χ0v) is 12.7. The number of carbonyl (C=O) groups excluding carboxylic acids is 1. The first kappa shape index (κ1) is 15.5. The largest absolute Gasteiger partial charge is 0.324 e. The van der Waals surface area contributed by atoms with Gasteiger partial charge in [-0.3, -0.25) is 9.10 Å². The number of sulfonamides is 1. The summed E-state index contributed by atoms with van der Waals surface area (Å²) in [6.45, 7) is 5.39. The van der Waals surface area contributed by atoms with E-state index in [0.29, 0.717) is 11.4 Å². The van der Waals surface area contributed by atoms with Crippen LogP contribution in [0, 0.1) is 5.41 Å². The number of rotatable bonds is 3. The Morgan fingerprint density at radius 1 is 1.21 bits per heavy atom. The molecule has 0 bridgehead atoms. The molecule has 1 rings (SSSR count). The lowest BCUT2D eigenvalue weighted by molar-refractivity contribution is -0.123. The first-order chi connectivity index (χ1) is 8.53. The number of amides is 1. The van der Waals surface area contributed by atoms with E-state index in [1.165, 1.54) is 7.05 Å². The maximum atomic E-state index is 12.0. The Labute approximate surface area is 114 Å². The second kappa shape index (κ2) is 5.21. The molecular weight excluding hydrogens is 264 g/mol. The van der Waals surface area contributed by atoms with E-state index in [-0.39, 0.29) is 5.91 Å². The number of hydrogen-bond donors (Lipinski definition) is 1. The maximum absolute atomic E-state index is 12.0. The smallest absolute Gasteiger partial charge is 0.232 e. The summed E-state index contributed by atoms with van der Waals surface area (Å²) in [5.74, 6) is -0.165. The molecule has 19 heavy (non-hydrogen) atoms. The molecule has 0 atom stereocenters. The van der Waals surface area contributed by atoms with Gasteiger partial charge in [0.15, 0.2) is 0 Å². The van der Waals surface area contributed by atoms with Crippen LogP contribution < -0.4 is 9.62 Å². The molecule has 0 saturated heterocycles. The van der Waals surface area contributed by atoms with E-state index >= 15 is 0 Å². The average Bonchev–Trinajstić information content (AvgIpc) is 2.26. The Balaban J connectivity index is 3.14. The van der Waals surface area contributed by atoms with Crippen LogP contribution in [0.1, 0.15) is 20.8 Å². The van der Waals surface area contributed by atoms with Gasteiger partial charge in [0.1, 0.15) is 0 Å². The van der Waals surface area contributed by atoms with Gasteiger partial charge in [-0.25, -0.2) is 8.42 Å². The third-order valence-electron chi connectivity index (χ3n) is 2.67. The molecule has 1 aromatic rings. The van der Waals surface area contributed by atoms with Crippen LogP contribution in [0.3, 0.4) is 0 Å². The lowest BCUT2D eigenvalue weighted by atomic mass is 9.95. The van der Waals surface area contributed by atoms with E-state index in [2.05, 4.69) is 5.32 Å². The lowest BCUT2D eigenvalue weighted by Gasteiger charge is -2.23. The van der Waals surface area contributed by atoms with Crippen LogP contribution in [-0.2, 0) is 14.8 Å². The number of nitrogens with one attached hydrogen (secondary N) is 1. The lowest BCUT2D eigenvalue weighted by Crippen LogP contribution is -2.30. The molecule has 6 heteroatoms. The van der Waals surface area contributed by atoms with E-state index in [9.17, 15) is 13.2 Å². The number of nitrogens with zero attached hydrogens (tertiary/aromatic N) is 1. The summed E-state index contributed by atoms with van der Waals surface area (Å²) in [5.41, 5.74) is 0.384. The van der Waals surface area contributed by atoms with Crippen molar-refractivity contribution in [1.82, 2.24) is 0 Å². The summed E-state index contributed by atoms with van der Waals surface area (Å²) >= 11 is 0. The Kier molecular flexibility index (Phi) is 4.25. The van der Waals surface area contributed by atoms with Crippen LogP contribution in [0.5, 0.6) is 0 Å². The second-order valence-electron chi connectivity index (χ2n) is 5.45. The first-order valence-electron chi connectivity index (χ1n) is 5.88. The van der Waals surface area contributed by atoms with Crippen LogP contribution >= 0.6 is 0 Å². The van der Waals surface area contributed by atoms with Gasteiger partial charge in [0.05, 0.1) is 17.6 Å². The van der Waals surface area contributed by atoms with Crippen molar-refractivity contribution in [2.45, 2.75) is 20.8 Å². The van der Waals surface area contributed by atoms with Crippen molar-refractivity contribution in [1.29, 1.82) is 0 Å². The number of carbonyl (C=O) groups is 1. The fraction of sp³-hybridized carbons (Fsp3) is 0.462. The predicted molar refractivity (Wildman–Crippen MR) is 77.8 cm³/mol. The Morgan fingerprint density at radius 2 is 1.74 bits per heavy atom. The SMILES string of the molecule is CN(c1ccccc1NC(=O)C(C)(C)C)S(C)(=O)=O. The third kappa shape index (κ3) is 3.96. The minimum Gasteiger partial charge on any atom is -0.324 e. The summed E-state index contributed by atoms with van der Waals surface area (Å²) in [6.07, 6.45) is 1.12. The summed E-state index contributed by atoms with van der Waals surface area (Å²) in [5, 5.41) is 2.76. The molecule has 1 aromatic carbocycles. The number of anilines is 2. The second-order valence-corrected chi connectivity index (χ2v) is 7.47. The van der Waals surface area contributed by atoms with Gasteiger partial charge in [0.25, 0.3) is 0 Å². The van der Waals surface area contributed by atoms with Gasteiger partial charge in [-0.05, 0) is 12.1 Å². The molecular formula is C13H20N2O3S. The van der Waals surface area contributed by atoms with Crippen molar-refractivity contribution in [2.75, 3.05) is 22.9 Å². The van der Waals surface area contributed by atoms with Gasteiger partial charge >= 0.3 is 0 Å². The minimum absolute atomic E-state index is 0.165. The highest BCUT2D eigenvalue weighted by molar-refractivity contribution is 7.92. The fourth-order valence-corrected chi connectivity index (χ4v) is 1.86. The van der Waals surface area contributed by atoms with Gasteiger partial charge < -0.3 is 5.32 Å². The van der Waals surface area contributed by atoms with Gasteiger partial charge in [-0.1, -0.05) is 32.9 Å². The minimum atomic E-state index is -3.37. The monoisotopic (exact) mass is 284 g/mol. The topological polar surface area (TPSA) is 66.5 Å². The molecule has 0 aromatic heterocycles. The molecule has 0 saturated carbocycles. The van der Waals surface area contributed by atoms with E-state index in [1.807, 2.05) is 0 Å². The average molecular weight is 284 g/mol. The molecule has 0 aliphatic carbocycles. The Bertz CT molecular complexity index is 574. The van der Waals surface area contributed by atoms with E-state index in [1.54, 1.807) is 45.0 Å². The highest BCUT2D eigenvalue weighted by Crippen LogP contribution is 2.28. The molecule has 0 aliphatic heterocycles. The van der Waals surface area contributed by atoms with E-state index < -0.39 is 15.4 Å². The van der Waals surface area contributed by atoms with Crippen molar-refractivity contribution in [2.24, 2.45) is 5.41 Å². The molecule has 106 valence electrons. The van der Waals surface area contributed by atoms with E-state index in [0.717, 1.165) is 10.6 Å². The quantitative estimate of drug-likeness (QED) is 0.924. The number of para-hydroxylation sites is 2. The van der Waals surface area contributed by atoms with E-state index in [4.69, 9.17) is 0 Å². The molecule has 0 radical (unpaired) electrons. The van der Waals surface area contributed by atoms with Crippen molar-refractivity contribution in [3.05, 3.63) is 24.3 Å². The van der Waals surface area contributed by atoms with Crippen LogP contribution in [-0.4, -0.2) is 27.6 Å².